The lowest BCUT2D eigenvalue weighted by molar-refractivity contribution is -0.133. The average Bonchev–Trinajstić information content (AvgIpc) is 3.89. The number of aromatic nitrogens is 7. The number of carbonyl (C=O) groups is 3. The van der Waals surface area contributed by atoms with Crippen LogP contribution in [0.4, 0.5) is 5.82 Å². The van der Waals surface area contributed by atoms with Crippen LogP contribution < -0.4 is 16.0 Å². The van der Waals surface area contributed by atoms with Gasteiger partial charge in [0.15, 0.2) is 0 Å². The number of hydrogen-bond donors (Lipinski definition) is 3. The quantitative estimate of drug-likeness (QED) is 0.152. The van der Waals surface area contributed by atoms with Crippen LogP contribution in [-0.4, -0.2) is 76.7 Å². The van der Waals surface area contributed by atoms with Gasteiger partial charge in [0, 0.05) is 48.2 Å². The second kappa shape index (κ2) is 15.7. The highest BCUT2D eigenvalue weighted by molar-refractivity contribution is 6.01. The van der Waals surface area contributed by atoms with Crippen LogP contribution in [0.1, 0.15) is 91.3 Å². The number of rotatable bonds is 10. The Balaban J connectivity index is 0.858. The molecule has 2 aliphatic heterocycles. The fourth-order valence-electron chi connectivity index (χ4n) is 7.32. The van der Waals surface area contributed by atoms with Crippen molar-refractivity contribution in [1.29, 1.82) is 0 Å². The van der Waals surface area contributed by atoms with Crippen molar-refractivity contribution < 1.29 is 18.9 Å². The van der Waals surface area contributed by atoms with Gasteiger partial charge in [-0.25, -0.2) is 9.50 Å². The number of nitrogens with zero attached hydrogens (tertiary/aromatic N) is 8. The van der Waals surface area contributed by atoms with Crippen molar-refractivity contribution in [3.8, 4) is 22.4 Å². The summed E-state index contributed by atoms with van der Waals surface area (Å²) in [5, 5.41) is 25.5. The Kier molecular flexibility index (Phi) is 10.3. The number of hydrogen-bond acceptors (Lipinski definition) is 12. The van der Waals surface area contributed by atoms with Crippen molar-refractivity contribution in [3.05, 3.63) is 107 Å². The van der Waals surface area contributed by atoms with Crippen molar-refractivity contribution in [3.63, 3.8) is 0 Å². The molecule has 4 aromatic heterocycles. The number of imide groups is 1. The standard InChI is InChI=1S/C42H45N11O4/c1-25-19-29(9-10-30(25)21-43-40(56)38-48-41(57-51-38)42(2,3)4)37-34-20-31(23-53(34)45-24-44-37)27-7-5-26(6-8-27)22-52-17-15-28(16-18-52)32-11-13-35(50-49-32)46-33-12-14-36(54)47-39(33)55/h5-11,13,19-20,23-24,28,33H,12,14-18,21-22H2,1-4H3,(H,43,56)(H,46,50)(H,47,54,55). The van der Waals surface area contributed by atoms with Gasteiger partial charge in [-0.1, -0.05) is 62.3 Å². The molecule has 292 valence electrons. The van der Waals surface area contributed by atoms with Crippen LogP contribution in [0.5, 0.6) is 0 Å². The summed E-state index contributed by atoms with van der Waals surface area (Å²) in [7, 11) is 0. The van der Waals surface area contributed by atoms with Crippen molar-refractivity contribution in [1.82, 2.24) is 50.5 Å². The van der Waals surface area contributed by atoms with E-state index >= 15 is 0 Å². The Morgan fingerprint density at radius 2 is 1.74 bits per heavy atom. The van der Waals surface area contributed by atoms with E-state index in [4.69, 9.17) is 4.52 Å². The molecule has 1 atom stereocenters. The van der Waals surface area contributed by atoms with Crippen LogP contribution in [0, 0.1) is 6.92 Å². The summed E-state index contributed by atoms with van der Waals surface area (Å²) < 4.78 is 7.13. The molecule has 2 saturated heterocycles. The number of nitrogens with one attached hydrogen (secondary N) is 3. The summed E-state index contributed by atoms with van der Waals surface area (Å²) in [5.74, 6) is 0.357. The molecule has 0 spiro atoms. The fourth-order valence-corrected chi connectivity index (χ4v) is 7.32. The monoisotopic (exact) mass is 767 g/mol. The molecule has 6 aromatic rings. The zero-order valence-electron chi connectivity index (χ0n) is 32.5. The van der Waals surface area contributed by atoms with Crippen LogP contribution in [0.15, 0.2) is 77.7 Å². The van der Waals surface area contributed by atoms with Crippen molar-refractivity contribution in [2.24, 2.45) is 0 Å². The zero-order valence-corrected chi connectivity index (χ0v) is 32.5. The van der Waals surface area contributed by atoms with Gasteiger partial charge in [-0.3, -0.25) is 24.6 Å². The first kappa shape index (κ1) is 37.6. The molecule has 15 nitrogen and oxygen atoms in total. The van der Waals surface area contributed by atoms with Crippen molar-refractivity contribution in [2.75, 3.05) is 18.4 Å². The molecular weight excluding hydrogens is 723 g/mol. The number of piperidine rings is 2. The van der Waals surface area contributed by atoms with Crippen molar-refractivity contribution >= 4 is 29.1 Å². The minimum Gasteiger partial charge on any atom is -0.357 e. The lowest BCUT2D eigenvalue weighted by Crippen LogP contribution is -2.47. The molecule has 1 unspecified atom stereocenters. The molecule has 0 bridgehead atoms. The Hall–Kier alpha value is -6.35. The number of benzene rings is 2. The smallest absolute Gasteiger partial charge is 0.292 e. The van der Waals surface area contributed by atoms with Gasteiger partial charge in [-0.05, 0) is 85.8 Å². The van der Waals surface area contributed by atoms with Gasteiger partial charge in [-0.2, -0.15) is 15.2 Å². The maximum atomic E-state index is 12.7. The zero-order chi connectivity index (χ0) is 39.7. The molecule has 8 rings (SSSR count). The molecule has 3 amide bonds. The van der Waals surface area contributed by atoms with Gasteiger partial charge in [-0.15, -0.1) is 5.10 Å². The molecule has 2 aromatic carbocycles. The maximum Gasteiger partial charge on any atom is 0.292 e. The highest BCUT2D eigenvalue weighted by Gasteiger charge is 2.28. The summed E-state index contributed by atoms with van der Waals surface area (Å²) >= 11 is 0. The predicted molar refractivity (Wildman–Crippen MR) is 212 cm³/mol. The third-order valence-electron chi connectivity index (χ3n) is 10.7. The van der Waals surface area contributed by atoms with E-state index in [1.807, 2.05) is 62.7 Å². The average molecular weight is 768 g/mol. The Bertz CT molecular complexity index is 2430. The van der Waals surface area contributed by atoms with E-state index in [9.17, 15) is 14.4 Å². The third-order valence-corrected chi connectivity index (χ3v) is 10.7. The number of likely N-dealkylation sites (tertiary alicyclic amines) is 1. The van der Waals surface area contributed by atoms with Gasteiger partial charge in [0.05, 0.1) is 16.9 Å². The number of fused-ring (bicyclic) bond motifs is 1. The lowest BCUT2D eigenvalue weighted by atomic mass is 9.93. The molecule has 15 heteroatoms. The summed E-state index contributed by atoms with van der Waals surface area (Å²) in [5.41, 5.74) is 8.69. The molecule has 6 heterocycles. The van der Waals surface area contributed by atoms with E-state index in [0.29, 0.717) is 37.0 Å². The summed E-state index contributed by atoms with van der Waals surface area (Å²) in [6.45, 7) is 11.0. The van der Waals surface area contributed by atoms with E-state index in [1.54, 1.807) is 6.33 Å². The van der Waals surface area contributed by atoms with Gasteiger partial charge in [0.2, 0.25) is 17.7 Å². The van der Waals surface area contributed by atoms with Crippen LogP contribution >= 0.6 is 0 Å². The topological polar surface area (TPSA) is 185 Å². The molecular formula is C42H45N11O4. The lowest BCUT2D eigenvalue weighted by Gasteiger charge is -2.31. The minimum absolute atomic E-state index is 0.0211. The Morgan fingerprint density at radius 3 is 2.44 bits per heavy atom. The second-order valence-electron chi connectivity index (χ2n) is 15.9. The van der Waals surface area contributed by atoms with E-state index < -0.39 is 6.04 Å². The first-order valence-corrected chi connectivity index (χ1v) is 19.3. The van der Waals surface area contributed by atoms with Crippen LogP contribution in [0.3, 0.4) is 0 Å². The molecule has 0 saturated carbocycles. The van der Waals surface area contributed by atoms with Crippen LogP contribution in [-0.2, 0) is 28.1 Å². The van der Waals surface area contributed by atoms with E-state index in [1.165, 1.54) is 5.56 Å². The SMILES string of the molecule is Cc1cc(-c2ncnn3cc(-c4ccc(CN5CCC(c6ccc(NC7CCC(=O)NC7=O)nn6)CC5)cc4)cc23)ccc1CNC(=O)c1noc(C(C)(C)C)n1. The largest absolute Gasteiger partial charge is 0.357 e. The van der Waals surface area contributed by atoms with Crippen LogP contribution in [0.2, 0.25) is 0 Å². The molecule has 57 heavy (non-hydrogen) atoms. The Morgan fingerprint density at radius 1 is 0.947 bits per heavy atom. The molecule has 3 N–H and O–H groups in total. The second-order valence-corrected chi connectivity index (χ2v) is 15.9. The number of aryl methyl sites for hydroxylation is 1. The van der Waals surface area contributed by atoms with Crippen molar-refractivity contribution in [2.45, 2.75) is 83.8 Å². The molecule has 2 aliphatic rings. The van der Waals surface area contributed by atoms with E-state index in [2.05, 4.69) is 87.7 Å². The minimum atomic E-state index is -0.478. The van der Waals surface area contributed by atoms with Gasteiger partial charge >= 0.3 is 0 Å². The highest BCUT2D eigenvalue weighted by atomic mass is 16.5. The fraction of sp³-hybridized carbons (Fsp3) is 0.357. The molecule has 2 fully saturated rings. The van der Waals surface area contributed by atoms with Crippen LogP contribution in [0.25, 0.3) is 27.9 Å². The normalized spacial score (nSPS) is 16.8. The summed E-state index contributed by atoms with van der Waals surface area (Å²) in [6.07, 6.45) is 6.34. The first-order valence-electron chi connectivity index (χ1n) is 19.3. The number of anilines is 1. The number of carbonyl (C=O) groups excluding carboxylic acids is 3. The molecule has 0 aliphatic carbocycles. The maximum absolute atomic E-state index is 12.7. The van der Waals surface area contributed by atoms with Gasteiger partial charge in [0.1, 0.15) is 18.2 Å². The van der Waals surface area contributed by atoms with E-state index in [-0.39, 0.29) is 29.0 Å². The first-order chi connectivity index (χ1) is 27.5. The van der Waals surface area contributed by atoms with Gasteiger partial charge < -0.3 is 15.2 Å². The summed E-state index contributed by atoms with van der Waals surface area (Å²) in [4.78, 5) is 47.6. The third kappa shape index (κ3) is 8.43. The Labute approximate surface area is 329 Å². The summed E-state index contributed by atoms with van der Waals surface area (Å²) in [6, 6.07) is 20.3. The highest BCUT2D eigenvalue weighted by Crippen LogP contribution is 2.31. The molecule has 0 radical (unpaired) electrons. The number of amides is 3. The predicted octanol–water partition coefficient (Wildman–Crippen LogP) is 5.37. The van der Waals surface area contributed by atoms with Gasteiger partial charge in [0.25, 0.3) is 11.7 Å². The van der Waals surface area contributed by atoms with E-state index in [0.717, 1.165) is 77.2 Å².